The van der Waals surface area contributed by atoms with E-state index in [0.29, 0.717) is 16.3 Å². The molecule has 1 heterocycles. The van der Waals surface area contributed by atoms with Crippen LogP contribution >= 0.6 is 27.3 Å². The number of hydrogen-bond acceptors (Lipinski definition) is 5. The number of nitrogens with two attached hydrogens (primary N) is 1. The molecule has 0 aliphatic rings. The molecule has 22 heavy (non-hydrogen) atoms. The lowest BCUT2D eigenvalue weighted by Gasteiger charge is -2.02. The number of aromatic nitrogens is 2. The first-order valence-electron chi connectivity index (χ1n) is 6.59. The Bertz CT molecular complexity index is 817. The van der Waals surface area contributed by atoms with E-state index >= 15 is 0 Å². The molecule has 4 nitrogen and oxygen atoms in total. The minimum absolute atomic E-state index is 0.0186. The summed E-state index contributed by atoms with van der Waals surface area (Å²) in [7, 11) is 0. The summed E-state index contributed by atoms with van der Waals surface area (Å²) in [5.74, 6) is -0.0186. The molecular weight excluding hydrogens is 362 g/mol. The molecule has 1 aromatic heterocycles. The fraction of sp³-hybridized carbons (Fsp3) is 0.0625. The average Bonchev–Trinajstić information content (AvgIpc) is 2.99. The van der Waals surface area contributed by atoms with E-state index in [9.17, 15) is 4.79 Å². The lowest BCUT2D eigenvalue weighted by atomic mass is 10.1. The minimum Gasteiger partial charge on any atom is -0.398 e. The van der Waals surface area contributed by atoms with Crippen LogP contribution in [0.1, 0.15) is 15.4 Å². The molecule has 110 valence electrons. The number of hydrogen-bond donors (Lipinski definition) is 1. The second kappa shape index (κ2) is 6.37. The largest absolute Gasteiger partial charge is 0.398 e. The van der Waals surface area contributed by atoms with Gasteiger partial charge >= 0.3 is 0 Å². The monoisotopic (exact) mass is 373 g/mol. The highest BCUT2D eigenvalue weighted by Gasteiger charge is 2.13. The normalized spacial score (nSPS) is 10.6. The Hall–Kier alpha value is -2.05. The van der Waals surface area contributed by atoms with E-state index in [4.69, 9.17) is 5.73 Å². The minimum atomic E-state index is -0.0186. The van der Waals surface area contributed by atoms with Gasteiger partial charge in [0.1, 0.15) is 10.0 Å². The van der Waals surface area contributed by atoms with Crippen LogP contribution in [0.3, 0.4) is 0 Å². The fourth-order valence-electron chi connectivity index (χ4n) is 1.98. The summed E-state index contributed by atoms with van der Waals surface area (Å²) in [6.45, 7) is 0. The molecule has 0 radical (unpaired) electrons. The van der Waals surface area contributed by atoms with Crippen molar-refractivity contribution >= 4 is 38.7 Å². The molecule has 0 amide bonds. The molecule has 0 spiro atoms. The first-order chi connectivity index (χ1) is 10.6. The van der Waals surface area contributed by atoms with Crippen LogP contribution in [0.15, 0.2) is 53.0 Å². The summed E-state index contributed by atoms with van der Waals surface area (Å²) >= 11 is 4.75. The third-order valence-electron chi connectivity index (χ3n) is 3.12. The van der Waals surface area contributed by atoms with Crippen LogP contribution in [0.2, 0.25) is 0 Å². The van der Waals surface area contributed by atoms with Crippen molar-refractivity contribution in [1.29, 1.82) is 0 Å². The van der Waals surface area contributed by atoms with Gasteiger partial charge in [-0.3, -0.25) is 4.79 Å². The molecule has 6 heteroatoms. The zero-order chi connectivity index (χ0) is 15.5. The highest BCUT2D eigenvalue weighted by molar-refractivity contribution is 9.10. The summed E-state index contributed by atoms with van der Waals surface area (Å²) in [6.07, 6.45) is 0.228. The number of anilines is 1. The van der Waals surface area contributed by atoms with Crippen molar-refractivity contribution in [2.45, 2.75) is 6.42 Å². The highest BCUT2D eigenvalue weighted by Crippen LogP contribution is 2.25. The van der Waals surface area contributed by atoms with Crippen molar-refractivity contribution in [3.8, 4) is 10.6 Å². The van der Waals surface area contributed by atoms with E-state index in [1.54, 1.807) is 18.2 Å². The van der Waals surface area contributed by atoms with Crippen molar-refractivity contribution in [2.24, 2.45) is 0 Å². The van der Waals surface area contributed by atoms with E-state index in [2.05, 4.69) is 26.1 Å². The Morgan fingerprint density at radius 1 is 1.14 bits per heavy atom. The van der Waals surface area contributed by atoms with Gasteiger partial charge in [0.2, 0.25) is 0 Å². The lowest BCUT2D eigenvalue weighted by Crippen LogP contribution is -2.04. The van der Waals surface area contributed by atoms with Crippen LogP contribution in [-0.4, -0.2) is 16.0 Å². The van der Waals surface area contributed by atoms with Gasteiger partial charge in [-0.25, -0.2) is 0 Å². The average molecular weight is 374 g/mol. The molecular formula is C16H12BrN3OS. The zero-order valence-electron chi connectivity index (χ0n) is 11.5. The number of nitrogens with zero attached hydrogens (tertiary/aromatic N) is 2. The predicted molar refractivity (Wildman–Crippen MR) is 91.9 cm³/mol. The summed E-state index contributed by atoms with van der Waals surface area (Å²) in [4.78, 5) is 12.3. The van der Waals surface area contributed by atoms with Gasteiger partial charge in [-0.2, -0.15) is 0 Å². The summed E-state index contributed by atoms with van der Waals surface area (Å²) in [5.41, 5.74) is 7.94. The lowest BCUT2D eigenvalue weighted by molar-refractivity contribution is 0.0992. The van der Waals surface area contributed by atoms with E-state index in [1.165, 1.54) is 11.3 Å². The molecule has 0 aliphatic carbocycles. The molecule has 0 saturated heterocycles. The quantitative estimate of drug-likeness (QED) is 0.554. The van der Waals surface area contributed by atoms with Gasteiger partial charge in [-0.05, 0) is 28.1 Å². The number of ketones is 1. The maximum absolute atomic E-state index is 12.3. The molecule has 0 fully saturated rings. The molecule has 2 aromatic carbocycles. The van der Waals surface area contributed by atoms with Gasteiger partial charge in [0, 0.05) is 21.3 Å². The Morgan fingerprint density at radius 2 is 1.91 bits per heavy atom. The molecule has 2 N–H and O–H groups in total. The first-order valence-corrected chi connectivity index (χ1v) is 8.20. The summed E-state index contributed by atoms with van der Waals surface area (Å²) in [5, 5.41) is 9.77. The number of Topliss-reactive ketones (excluding diaryl/α,β-unsaturated/α-hetero) is 1. The van der Waals surface area contributed by atoms with E-state index in [-0.39, 0.29) is 12.2 Å². The number of carbonyl (C=O) groups excluding carboxylic acids is 1. The molecule has 0 atom stereocenters. The first kappa shape index (κ1) is 14.9. The summed E-state index contributed by atoms with van der Waals surface area (Å²) < 4.78 is 0.784. The second-order valence-electron chi connectivity index (χ2n) is 4.70. The Morgan fingerprint density at radius 3 is 2.64 bits per heavy atom. The summed E-state index contributed by atoms with van der Waals surface area (Å²) in [6, 6.07) is 15.0. The Labute approximate surface area is 140 Å². The van der Waals surface area contributed by atoms with Crippen LogP contribution in [0.25, 0.3) is 10.6 Å². The van der Waals surface area contributed by atoms with Crippen molar-refractivity contribution < 1.29 is 4.79 Å². The van der Waals surface area contributed by atoms with Crippen LogP contribution in [0.5, 0.6) is 0 Å². The van der Waals surface area contributed by atoms with Crippen molar-refractivity contribution in [2.75, 3.05) is 5.73 Å². The molecule has 3 rings (SSSR count). The maximum atomic E-state index is 12.3. The Kier molecular flexibility index (Phi) is 4.31. The number of halogens is 1. The highest BCUT2D eigenvalue weighted by atomic mass is 79.9. The third kappa shape index (κ3) is 3.23. The molecule has 0 unspecified atom stereocenters. The van der Waals surface area contributed by atoms with Crippen LogP contribution in [0.4, 0.5) is 5.69 Å². The third-order valence-corrected chi connectivity index (χ3v) is 4.81. The zero-order valence-corrected chi connectivity index (χ0v) is 13.9. The van der Waals surface area contributed by atoms with Crippen LogP contribution in [-0.2, 0) is 6.42 Å². The SMILES string of the molecule is Nc1cc(C(=O)Cc2nnc(-c3ccccc3)s2)ccc1Br. The van der Waals surface area contributed by atoms with E-state index in [1.807, 2.05) is 30.3 Å². The predicted octanol–water partition coefficient (Wildman–Crippen LogP) is 3.98. The van der Waals surface area contributed by atoms with Gasteiger partial charge in [-0.15, -0.1) is 10.2 Å². The fourth-order valence-corrected chi connectivity index (χ4v) is 3.07. The van der Waals surface area contributed by atoms with Crippen molar-refractivity contribution in [1.82, 2.24) is 10.2 Å². The number of carbonyl (C=O) groups is 1. The van der Waals surface area contributed by atoms with Crippen LogP contribution < -0.4 is 5.73 Å². The maximum Gasteiger partial charge on any atom is 0.169 e. The Balaban J connectivity index is 1.77. The van der Waals surface area contributed by atoms with Gasteiger partial charge in [0.25, 0.3) is 0 Å². The van der Waals surface area contributed by atoms with Gasteiger partial charge in [0.15, 0.2) is 5.78 Å². The number of benzene rings is 2. The number of rotatable bonds is 4. The van der Waals surface area contributed by atoms with E-state index < -0.39 is 0 Å². The molecule has 3 aromatic rings. The van der Waals surface area contributed by atoms with Crippen molar-refractivity contribution in [3.05, 3.63) is 63.6 Å². The van der Waals surface area contributed by atoms with E-state index in [0.717, 1.165) is 15.0 Å². The standard InChI is InChI=1S/C16H12BrN3OS/c17-12-7-6-11(8-13(12)18)14(21)9-15-19-20-16(22-15)10-4-2-1-3-5-10/h1-8H,9,18H2. The van der Waals surface area contributed by atoms with Gasteiger partial charge < -0.3 is 5.73 Å². The topological polar surface area (TPSA) is 68.9 Å². The second-order valence-corrected chi connectivity index (χ2v) is 6.62. The smallest absolute Gasteiger partial charge is 0.169 e. The molecule has 0 bridgehead atoms. The van der Waals surface area contributed by atoms with Gasteiger partial charge in [0.05, 0.1) is 6.42 Å². The van der Waals surface area contributed by atoms with Crippen molar-refractivity contribution in [3.63, 3.8) is 0 Å². The van der Waals surface area contributed by atoms with Crippen LogP contribution in [0, 0.1) is 0 Å². The molecule has 0 saturated carbocycles. The van der Waals surface area contributed by atoms with Gasteiger partial charge in [-0.1, -0.05) is 47.7 Å². The molecule has 0 aliphatic heterocycles. The number of nitrogen functional groups attached to an aromatic ring is 1.